The first kappa shape index (κ1) is 24.3. The third-order valence-corrected chi connectivity index (χ3v) is 6.26. The lowest BCUT2D eigenvalue weighted by Crippen LogP contribution is -2.33. The molecule has 6 N–H and O–H groups in total. The van der Waals surface area contributed by atoms with Crippen molar-refractivity contribution >= 4 is 64.2 Å². The number of amides is 1. The Morgan fingerprint density at radius 2 is 1.70 bits per heavy atom. The highest BCUT2D eigenvalue weighted by Gasteiger charge is 2.35. The number of benzene rings is 1. The highest BCUT2D eigenvalue weighted by Crippen LogP contribution is 2.24. The molecule has 1 atom stereocenters. The smallest absolute Gasteiger partial charge is 0.233 e. The molecule has 3 aromatic rings. The van der Waals surface area contributed by atoms with E-state index in [2.05, 4.69) is 51.5 Å². The van der Waals surface area contributed by atoms with Crippen LogP contribution in [0, 0.1) is 0 Å². The van der Waals surface area contributed by atoms with Crippen LogP contribution in [-0.4, -0.2) is 53.7 Å². The van der Waals surface area contributed by atoms with E-state index in [9.17, 15) is 9.59 Å². The number of carbonyl (C=O) groups excluding carboxylic acids is 2. The zero-order valence-electron chi connectivity index (χ0n) is 20.0. The monoisotopic (exact) mass is 518 g/mol. The molecule has 190 valence electrons. The van der Waals surface area contributed by atoms with E-state index < -0.39 is 6.04 Å². The Bertz CT molecular complexity index is 1330. The topological polar surface area (TPSA) is 162 Å². The van der Waals surface area contributed by atoms with E-state index in [4.69, 9.17) is 12.2 Å². The van der Waals surface area contributed by atoms with Crippen molar-refractivity contribution in [3.05, 3.63) is 48.2 Å². The predicted molar refractivity (Wildman–Crippen MR) is 144 cm³/mol. The van der Waals surface area contributed by atoms with Gasteiger partial charge >= 0.3 is 0 Å². The Balaban J connectivity index is 1.37. The number of hydrogen-bond donors (Lipinski definition) is 6. The number of nitrogens with one attached hydrogen (secondary N) is 6. The van der Waals surface area contributed by atoms with Crippen molar-refractivity contribution in [3.63, 3.8) is 0 Å². The molecule has 1 amide bonds. The Morgan fingerprint density at radius 1 is 1.03 bits per heavy atom. The van der Waals surface area contributed by atoms with E-state index in [0.29, 0.717) is 34.0 Å². The molecule has 13 heteroatoms. The quantitative estimate of drug-likeness (QED) is 0.192. The summed E-state index contributed by atoms with van der Waals surface area (Å²) in [4.78, 5) is 45.1. The van der Waals surface area contributed by atoms with Crippen LogP contribution in [0.2, 0.25) is 0 Å². The lowest BCUT2D eigenvalue weighted by Gasteiger charge is -2.16. The van der Waals surface area contributed by atoms with Crippen LogP contribution in [0.1, 0.15) is 38.3 Å². The second-order valence-corrected chi connectivity index (χ2v) is 9.25. The zero-order chi connectivity index (χ0) is 25.8. The number of nitrogens with zero attached hydrogens (tertiary/aromatic N) is 4. The molecule has 37 heavy (non-hydrogen) atoms. The number of aromatic nitrogens is 5. The van der Waals surface area contributed by atoms with Crippen molar-refractivity contribution in [1.29, 1.82) is 0 Å². The lowest BCUT2D eigenvalue weighted by atomic mass is 10.2. The van der Waals surface area contributed by atoms with Gasteiger partial charge in [0, 0.05) is 24.3 Å². The predicted octanol–water partition coefficient (Wildman–Crippen LogP) is 2.97. The van der Waals surface area contributed by atoms with E-state index in [1.165, 1.54) is 13.3 Å². The second-order valence-electron chi connectivity index (χ2n) is 8.81. The number of anilines is 5. The summed E-state index contributed by atoms with van der Waals surface area (Å²) in [5.41, 5.74) is 2.43. The van der Waals surface area contributed by atoms with Gasteiger partial charge in [-0.05, 0) is 43.2 Å². The standard InChI is InChI=1S/C24H26N10O2S/c1-13(35)27-15-6-8-16(9-7-15)29-23-32-22(28-14-4-2-3-5-14)33-24(34-23)31-19-20(36)18(30-21(19)37)10-17-11-25-12-26-17/h6-12,14,19H,2-5H2,1H3,(H,25,26)(H,27,35)(H,30,37)(H3,28,29,31,32,33,34)/b18-10-. The lowest BCUT2D eigenvalue weighted by molar-refractivity contribution is -0.115. The number of imidazole rings is 1. The molecule has 3 heterocycles. The van der Waals surface area contributed by atoms with Gasteiger partial charge in [0.05, 0.1) is 23.9 Å². The summed E-state index contributed by atoms with van der Waals surface area (Å²) in [5.74, 6) is 0.529. The number of thiocarbonyl (C=S) groups is 1. The SMILES string of the molecule is CC(=O)Nc1ccc(Nc2nc(NC3CCCC3)nc(NC3C(=O)/C(=C/c4cnc[nH]4)NC3=S)n2)cc1. The molecule has 2 aromatic heterocycles. The number of rotatable bonds is 8. The molecular weight excluding hydrogens is 492 g/mol. The third-order valence-electron chi connectivity index (χ3n) is 5.93. The van der Waals surface area contributed by atoms with Gasteiger partial charge in [-0.2, -0.15) is 15.0 Å². The molecule has 0 spiro atoms. The molecule has 1 saturated heterocycles. The summed E-state index contributed by atoms with van der Waals surface area (Å²) in [6.07, 6.45) is 9.19. The van der Waals surface area contributed by atoms with Crippen molar-refractivity contribution in [1.82, 2.24) is 30.2 Å². The van der Waals surface area contributed by atoms with Crippen LogP contribution in [0.3, 0.4) is 0 Å². The molecule has 0 radical (unpaired) electrons. The van der Waals surface area contributed by atoms with Gasteiger partial charge in [0.25, 0.3) is 0 Å². The fourth-order valence-corrected chi connectivity index (χ4v) is 4.47. The van der Waals surface area contributed by atoms with Gasteiger partial charge in [-0.15, -0.1) is 0 Å². The average Bonchev–Trinajstić information content (AvgIpc) is 3.61. The summed E-state index contributed by atoms with van der Waals surface area (Å²) in [6, 6.07) is 6.61. The highest BCUT2D eigenvalue weighted by molar-refractivity contribution is 7.80. The molecule has 1 unspecified atom stereocenters. The van der Waals surface area contributed by atoms with Crippen LogP contribution in [0.15, 0.2) is 42.5 Å². The van der Waals surface area contributed by atoms with Crippen LogP contribution in [0.5, 0.6) is 0 Å². The second kappa shape index (κ2) is 10.7. The Kier molecular flexibility index (Phi) is 7.03. The summed E-state index contributed by atoms with van der Waals surface area (Å²) in [7, 11) is 0. The van der Waals surface area contributed by atoms with Crippen molar-refractivity contribution < 1.29 is 9.59 Å². The third kappa shape index (κ3) is 6.06. The van der Waals surface area contributed by atoms with E-state index in [1.54, 1.807) is 36.5 Å². The summed E-state index contributed by atoms with van der Waals surface area (Å²) in [6.45, 7) is 1.46. The summed E-state index contributed by atoms with van der Waals surface area (Å²) >= 11 is 5.42. The van der Waals surface area contributed by atoms with Gasteiger partial charge in [0.1, 0.15) is 11.0 Å². The van der Waals surface area contributed by atoms with E-state index in [1.807, 2.05) is 0 Å². The zero-order valence-corrected chi connectivity index (χ0v) is 20.9. The first-order valence-electron chi connectivity index (χ1n) is 11.9. The molecule has 12 nitrogen and oxygen atoms in total. The first-order chi connectivity index (χ1) is 17.9. The maximum atomic E-state index is 13.0. The van der Waals surface area contributed by atoms with Crippen molar-refractivity contribution in [2.75, 3.05) is 21.3 Å². The Labute approximate surface area is 218 Å². The number of hydrogen-bond acceptors (Lipinski definition) is 10. The molecule has 0 bridgehead atoms. The minimum atomic E-state index is -0.823. The average molecular weight is 519 g/mol. The number of ketones is 1. The van der Waals surface area contributed by atoms with Gasteiger partial charge in [0.2, 0.25) is 29.5 Å². The molecule has 1 aromatic carbocycles. The van der Waals surface area contributed by atoms with Crippen molar-refractivity contribution in [3.8, 4) is 0 Å². The molecule has 2 aliphatic rings. The van der Waals surface area contributed by atoms with Crippen LogP contribution in [-0.2, 0) is 9.59 Å². The number of Topliss-reactive ketones (excluding diaryl/α,β-unsaturated/α-hetero) is 1. The molecule has 1 aliphatic carbocycles. The van der Waals surface area contributed by atoms with Gasteiger partial charge in [-0.3, -0.25) is 9.59 Å². The van der Waals surface area contributed by atoms with E-state index in [0.717, 1.165) is 31.4 Å². The minimum Gasteiger partial charge on any atom is -0.351 e. The van der Waals surface area contributed by atoms with Crippen molar-refractivity contribution in [2.45, 2.75) is 44.7 Å². The summed E-state index contributed by atoms with van der Waals surface area (Å²) in [5, 5.41) is 15.3. The van der Waals surface area contributed by atoms with Gasteiger partial charge in [-0.25, -0.2) is 4.98 Å². The highest BCUT2D eigenvalue weighted by atomic mass is 32.1. The van der Waals surface area contributed by atoms with Gasteiger partial charge < -0.3 is 31.6 Å². The fourth-order valence-electron chi connectivity index (χ4n) is 4.19. The number of H-pyrrole nitrogens is 1. The maximum absolute atomic E-state index is 13.0. The van der Waals surface area contributed by atoms with Crippen molar-refractivity contribution in [2.24, 2.45) is 0 Å². The minimum absolute atomic E-state index is 0.145. The Hall–Kier alpha value is -4.39. The van der Waals surface area contributed by atoms with Gasteiger partial charge in [-0.1, -0.05) is 25.1 Å². The molecular formula is C24H26N10O2S. The normalized spacial score (nSPS) is 18.6. The number of aromatic amines is 1. The Morgan fingerprint density at radius 3 is 2.38 bits per heavy atom. The van der Waals surface area contributed by atoms with Gasteiger partial charge in [0.15, 0.2) is 0 Å². The molecule has 1 aliphatic heterocycles. The van der Waals surface area contributed by atoms with Crippen LogP contribution >= 0.6 is 12.2 Å². The maximum Gasteiger partial charge on any atom is 0.233 e. The summed E-state index contributed by atoms with van der Waals surface area (Å²) < 4.78 is 0. The van der Waals surface area contributed by atoms with Crippen LogP contribution < -0.4 is 26.6 Å². The molecule has 5 rings (SSSR count). The molecule has 1 saturated carbocycles. The van der Waals surface area contributed by atoms with E-state index in [-0.39, 0.29) is 23.7 Å². The van der Waals surface area contributed by atoms with E-state index >= 15 is 0 Å². The largest absolute Gasteiger partial charge is 0.351 e. The van der Waals surface area contributed by atoms with Crippen LogP contribution in [0.4, 0.5) is 29.2 Å². The number of carbonyl (C=O) groups is 2. The first-order valence-corrected chi connectivity index (χ1v) is 12.3. The molecule has 2 fully saturated rings. The van der Waals surface area contributed by atoms with Crippen LogP contribution in [0.25, 0.3) is 6.08 Å². The fraction of sp³-hybridized carbons (Fsp3) is 0.292.